The van der Waals surface area contributed by atoms with Crippen LogP contribution in [0.15, 0.2) is 30.5 Å². The number of carbonyl (C=O) groups is 1. The van der Waals surface area contributed by atoms with E-state index in [4.69, 9.17) is 16.7 Å². The van der Waals surface area contributed by atoms with Crippen LogP contribution in [0.1, 0.15) is 10.4 Å². The Morgan fingerprint density at radius 3 is 2.74 bits per heavy atom. The molecule has 5 nitrogen and oxygen atoms in total. The summed E-state index contributed by atoms with van der Waals surface area (Å²) in [5.41, 5.74) is 1.95. The summed E-state index contributed by atoms with van der Waals surface area (Å²) in [6.45, 7) is 0.209. The Balaban J connectivity index is 2.32. The summed E-state index contributed by atoms with van der Waals surface area (Å²) in [4.78, 5) is 13.6. The lowest BCUT2D eigenvalue weighted by Crippen LogP contribution is -2.29. The summed E-state index contributed by atoms with van der Waals surface area (Å²) in [6.07, 6.45) is 1.49. The van der Waals surface area contributed by atoms with Gasteiger partial charge in [-0.2, -0.15) is 5.10 Å². The normalized spacial score (nSPS) is 10.5. The number of H-pyrrole nitrogens is 1. The Hall–Kier alpha value is -1.85. The molecular formula is C13H14ClN3O2. The zero-order valence-electron chi connectivity index (χ0n) is 10.4. The summed E-state index contributed by atoms with van der Waals surface area (Å²) in [5.74, 6) is -0.187. The molecule has 1 heterocycles. The minimum absolute atomic E-state index is 0.0730. The van der Waals surface area contributed by atoms with Gasteiger partial charge in [0.15, 0.2) is 0 Å². The summed E-state index contributed by atoms with van der Waals surface area (Å²) >= 11 is 5.84. The zero-order valence-corrected chi connectivity index (χ0v) is 11.2. The number of benzene rings is 1. The number of nitrogens with one attached hydrogen (secondary N) is 1. The first kappa shape index (κ1) is 13.6. The SMILES string of the molecule is CN(CCO)C(=O)c1cn[nH]c1-c1ccc(Cl)cc1. The van der Waals surface area contributed by atoms with Gasteiger partial charge in [0.25, 0.3) is 5.91 Å². The highest BCUT2D eigenvalue weighted by Gasteiger charge is 2.18. The van der Waals surface area contributed by atoms with Gasteiger partial charge in [-0.1, -0.05) is 23.7 Å². The number of aliphatic hydroxyl groups excluding tert-OH is 1. The molecule has 1 aromatic heterocycles. The smallest absolute Gasteiger partial charge is 0.257 e. The van der Waals surface area contributed by atoms with E-state index in [0.29, 0.717) is 16.3 Å². The average molecular weight is 280 g/mol. The highest BCUT2D eigenvalue weighted by atomic mass is 35.5. The van der Waals surface area contributed by atoms with Crippen LogP contribution in [0.2, 0.25) is 5.02 Å². The van der Waals surface area contributed by atoms with E-state index in [2.05, 4.69) is 10.2 Å². The van der Waals surface area contributed by atoms with Crippen LogP contribution in [0, 0.1) is 0 Å². The first-order valence-corrected chi connectivity index (χ1v) is 6.17. The van der Waals surface area contributed by atoms with Crippen molar-refractivity contribution in [2.24, 2.45) is 0 Å². The van der Waals surface area contributed by atoms with Gasteiger partial charge in [-0.05, 0) is 12.1 Å². The fourth-order valence-corrected chi connectivity index (χ4v) is 1.87. The van der Waals surface area contributed by atoms with Crippen LogP contribution in [0.3, 0.4) is 0 Å². The summed E-state index contributed by atoms with van der Waals surface area (Å²) in [7, 11) is 1.64. The van der Waals surface area contributed by atoms with Crippen molar-refractivity contribution in [2.45, 2.75) is 0 Å². The van der Waals surface area contributed by atoms with Gasteiger partial charge in [-0.3, -0.25) is 9.89 Å². The quantitative estimate of drug-likeness (QED) is 0.896. The number of likely N-dealkylation sites (N-methyl/N-ethyl adjacent to an activating group) is 1. The van der Waals surface area contributed by atoms with Gasteiger partial charge in [-0.25, -0.2) is 0 Å². The Morgan fingerprint density at radius 2 is 2.11 bits per heavy atom. The van der Waals surface area contributed by atoms with E-state index in [9.17, 15) is 4.79 Å². The molecule has 0 spiro atoms. The predicted molar refractivity (Wildman–Crippen MR) is 73.1 cm³/mol. The average Bonchev–Trinajstić information content (AvgIpc) is 2.88. The van der Waals surface area contributed by atoms with Gasteiger partial charge in [0, 0.05) is 24.2 Å². The first-order valence-electron chi connectivity index (χ1n) is 5.79. The van der Waals surface area contributed by atoms with Gasteiger partial charge in [-0.15, -0.1) is 0 Å². The Kier molecular flexibility index (Phi) is 4.19. The first-order chi connectivity index (χ1) is 9.13. The molecule has 19 heavy (non-hydrogen) atoms. The molecule has 6 heteroatoms. The molecule has 0 unspecified atom stereocenters. The van der Waals surface area contributed by atoms with Crippen molar-refractivity contribution in [1.29, 1.82) is 0 Å². The van der Waals surface area contributed by atoms with Crippen LogP contribution in [-0.2, 0) is 0 Å². The van der Waals surface area contributed by atoms with Crippen LogP contribution < -0.4 is 0 Å². The van der Waals surface area contributed by atoms with E-state index < -0.39 is 0 Å². The molecular weight excluding hydrogens is 266 g/mol. The van der Waals surface area contributed by atoms with Gasteiger partial charge in [0.2, 0.25) is 0 Å². The van der Waals surface area contributed by atoms with E-state index in [1.54, 1.807) is 19.2 Å². The lowest BCUT2D eigenvalue weighted by atomic mass is 10.1. The molecule has 0 aliphatic rings. The lowest BCUT2D eigenvalue weighted by molar-refractivity contribution is 0.0768. The molecule has 0 atom stereocenters. The number of halogens is 1. The predicted octanol–water partition coefficient (Wildman–Crippen LogP) is 1.79. The van der Waals surface area contributed by atoms with Crippen molar-refractivity contribution in [3.05, 3.63) is 41.0 Å². The molecule has 100 valence electrons. The molecule has 1 amide bonds. The van der Waals surface area contributed by atoms with E-state index >= 15 is 0 Å². The van der Waals surface area contributed by atoms with Crippen LogP contribution in [0.4, 0.5) is 0 Å². The van der Waals surface area contributed by atoms with Crippen LogP contribution in [0.25, 0.3) is 11.3 Å². The van der Waals surface area contributed by atoms with Gasteiger partial charge < -0.3 is 10.0 Å². The molecule has 0 aliphatic carbocycles. The van der Waals surface area contributed by atoms with Gasteiger partial charge in [0.1, 0.15) is 0 Å². The minimum Gasteiger partial charge on any atom is -0.395 e. The number of amides is 1. The topological polar surface area (TPSA) is 69.2 Å². The van der Waals surface area contributed by atoms with E-state index in [1.807, 2.05) is 12.1 Å². The maximum Gasteiger partial charge on any atom is 0.257 e. The third-order valence-corrected chi connectivity index (χ3v) is 3.04. The molecule has 0 saturated carbocycles. The third kappa shape index (κ3) is 2.94. The Labute approximate surface area is 115 Å². The second-order valence-corrected chi connectivity index (χ2v) is 4.55. The van der Waals surface area contributed by atoms with Crippen LogP contribution in [-0.4, -0.2) is 46.3 Å². The van der Waals surface area contributed by atoms with E-state index in [-0.39, 0.29) is 19.1 Å². The van der Waals surface area contributed by atoms with Crippen molar-refractivity contribution in [3.63, 3.8) is 0 Å². The Bertz CT molecular complexity index is 566. The number of aromatic nitrogens is 2. The van der Waals surface area contributed by atoms with Gasteiger partial charge >= 0.3 is 0 Å². The number of carbonyl (C=O) groups excluding carboxylic acids is 1. The largest absolute Gasteiger partial charge is 0.395 e. The fourth-order valence-electron chi connectivity index (χ4n) is 1.74. The second-order valence-electron chi connectivity index (χ2n) is 4.12. The van der Waals surface area contributed by atoms with Crippen LogP contribution >= 0.6 is 11.6 Å². The summed E-state index contributed by atoms with van der Waals surface area (Å²) in [5, 5.41) is 16.2. The number of rotatable bonds is 4. The molecule has 0 fully saturated rings. The van der Waals surface area contributed by atoms with Crippen molar-refractivity contribution in [2.75, 3.05) is 20.2 Å². The van der Waals surface area contributed by atoms with Gasteiger partial charge in [0.05, 0.1) is 24.1 Å². The van der Waals surface area contributed by atoms with E-state index in [0.717, 1.165) is 5.56 Å². The molecule has 2 N–H and O–H groups in total. The summed E-state index contributed by atoms with van der Waals surface area (Å²) < 4.78 is 0. The lowest BCUT2D eigenvalue weighted by Gasteiger charge is -2.15. The van der Waals surface area contributed by atoms with Crippen molar-refractivity contribution >= 4 is 17.5 Å². The molecule has 1 aromatic carbocycles. The van der Waals surface area contributed by atoms with Crippen molar-refractivity contribution < 1.29 is 9.90 Å². The molecule has 2 rings (SSSR count). The standard InChI is InChI=1S/C13H14ClN3O2/c1-17(6-7-18)13(19)11-8-15-16-12(11)9-2-4-10(14)5-3-9/h2-5,8,18H,6-7H2,1H3,(H,15,16). The Morgan fingerprint density at radius 1 is 1.42 bits per heavy atom. The van der Waals surface area contributed by atoms with E-state index in [1.165, 1.54) is 11.1 Å². The third-order valence-electron chi connectivity index (χ3n) is 2.78. The van der Waals surface area contributed by atoms with Crippen molar-refractivity contribution in [3.8, 4) is 11.3 Å². The molecule has 2 aromatic rings. The molecule has 0 radical (unpaired) electrons. The second kappa shape index (κ2) is 5.86. The highest BCUT2D eigenvalue weighted by Crippen LogP contribution is 2.23. The van der Waals surface area contributed by atoms with Crippen LogP contribution in [0.5, 0.6) is 0 Å². The minimum atomic E-state index is -0.187. The molecule has 0 aliphatic heterocycles. The maximum atomic E-state index is 12.2. The molecule has 0 saturated heterocycles. The number of hydrogen-bond donors (Lipinski definition) is 2. The number of hydrogen-bond acceptors (Lipinski definition) is 3. The molecule has 0 bridgehead atoms. The highest BCUT2D eigenvalue weighted by molar-refractivity contribution is 6.30. The number of aliphatic hydroxyl groups is 1. The monoisotopic (exact) mass is 279 g/mol. The number of nitrogens with zero attached hydrogens (tertiary/aromatic N) is 2. The maximum absolute atomic E-state index is 12.2. The van der Waals surface area contributed by atoms with Crippen molar-refractivity contribution in [1.82, 2.24) is 15.1 Å². The number of aromatic amines is 1. The summed E-state index contributed by atoms with van der Waals surface area (Å²) in [6, 6.07) is 7.14. The zero-order chi connectivity index (χ0) is 13.8. The fraction of sp³-hybridized carbons (Fsp3) is 0.231.